The number of likely N-dealkylation sites (N-methyl/N-ethyl adjacent to an activating group) is 1. The molecule has 1 atom stereocenters. The van der Waals surface area contributed by atoms with Crippen LogP contribution < -0.4 is 4.90 Å². The molecule has 0 bridgehead atoms. The molecule has 1 aliphatic rings. The number of nitrogens with zero attached hydrogens (tertiary/aromatic N) is 4. The highest BCUT2D eigenvalue weighted by atomic mass is 19.1. The third kappa shape index (κ3) is 5.21. The van der Waals surface area contributed by atoms with Crippen LogP contribution in [0.5, 0.6) is 0 Å². The molecule has 0 N–H and O–H groups in total. The Morgan fingerprint density at radius 1 is 0.971 bits per heavy atom. The smallest absolute Gasteiger partial charge is 0.244 e. The first-order chi connectivity index (χ1) is 17.1. The quantitative estimate of drug-likeness (QED) is 0.482. The van der Waals surface area contributed by atoms with Crippen molar-refractivity contribution in [3.63, 3.8) is 0 Å². The van der Waals surface area contributed by atoms with Gasteiger partial charge >= 0.3 is 0 Å². The van der Waals surface area contributed by atoms with Crippen molar-refractivity contribution in [2.45, 2.75) is 19.9 Å². The van der Waals surface area contributed by atoms with Crippen molar-refractivity contribution in [3.05, 3.63) is 89.7 Å². The van der Waals surface area contributed by atoms with Crippen molar-refractivity contribution >= 4 is 11.6 Å². The van der Waals surface area contributed by atoms with Gasteiger partial charge in [-0.3, -0.25) is 9.69 Å². The molecule has 0 spiro atoms. The molecule has 3 aromatic carbocycles. The van der Waals surface area contributed by atoms with E-state index in [0.29, 0.717) is 56.1 Å². The number of rotatable bonds is 7. The number of hydrogen-bond donors (Lipinski definition) is 0. The lowest BCUT2D eigenvalue weighted by molar-refractivity contribution is -0.137. The molecule has 1 fully saturated rings. The molecular weight excluding hydrogens is 439 g/mol. The number of carbonyl (C=O) groups excluding carboxylic acids is 1. The average Bonchev–Trinajstić information content (AvgIpc) is 2.90. The number of anilines is 1. The van der Waals surface area contributed by atoms with Gasteiger partial charge in [0.2, 0.25) is 5.91 Å². The lowest BCUT2D eigenvalue weighted by atomic mass is 9.99. The maximum Gasteiger partial charge on any atom is 0.244 e. The Bertz CT molecular complexity index is 1190. The van der Waals surface area contributed by atoms with Gasteiger partial charge in [0.25, 0.3) is 0 Å². The molecule has 0 aromatic heterocycles. The SMILES string of the molecule is CCN(CC)C(=O)C(c1ccccc1)N1CCN(c2ccc(-c3ccccc3C#N)cc2F)CC1. The summed E-state index contributed by atoms with van der Waals surface area (Å²) in [5, 5.41) is 9.38. The van der Waals surface area contributed by atoms with Crippen molar-refractivity contribution in [3.8, 4) is 17.2 Å². The molecule has 1 unspecified atom stereocenters. The molecule has 35 heavy (non-hydrogen) atoms. The Labute approximate surface area is 207 Å². The summed E-state index contributed by atoms with van der Waals surface area (Å²) in [4.78, 5) is 19.5. The molecule has 0 saturated carbocycles. The highest BCUT2D eigenvalue weighted by molar-refractivity contribution is 5.83. The molecule has 180 valence electrons. The molecule has 3 aromatic rings. The van der Waals surface area contributed by atoms with E-state index in [0.717, 1.165) is 11.1 Å². The summed E-state index contributed by atoms with van der Waals surface area (Å²) < 4.78 is 15.2. The van der Waals surface area contributed by atoms with Crippen LogP contribution in [0, 0.1) is 17.1 Å². The van der Waals surface area contributed by atoms with Gasteiger partial charge in [-0.2, -0.15) is 5.26 Å². The molecule has 0 aliphatic carbocycles. The van der Waals surface area contributed by atoms with E-state index in [1.807, 2.05) is 72.2 Å². The van der Waals surface area contributed by atoms with Crippen LogP contribution in [0.25, 0.3) is 11.1 Å². The lowest BCUT2D eigenvalue weighted by Crippen LogP contribution is -2.51. The van der Waals surface area contributed by atoms with E-state index in [4.69, 9.17) is 0 Å². The Balaban J connectivity index is 1.52. The average molecular weight is 471 g/mol. The molecule has 1 amide bonds. The summed E-state index contributed by atoms with van der Waals surface area (Å²) in [6, 6.07) is 24.2. The van der Waals surface area contributed by atoms with Crippen LogP contribution in [-0.2, 0) is 4.79 Å². The minimum absolute atomic E-state index is 0.112. The highest BCUT2D eigenvalue weighted by Crippen LogP contribution is 2.31. The Kier molecular flexibility index (Phi) is 7.79. The van der Waals surface area contributed by atoms with Gasteiger partial charge in [0.05, 0.1) is 17.3 Å². The van der Waals surface area contributed by atoms with Crippen molar-refractivity contribution < 1.29 is 9.18 Å². The van der Waals surface area contributed by atoms with E-state index in [9.17, 15) is 10.1 Å². The van der Waals surface area contributed by atoms with Crippen LogP contribution in [0.3, 0.4) is 0 Å². The van der Waals surface area contributed by atoms with Crippen LogP contribution in [0.1, 0.15) is 31.0 Å². The second-order valence-electron chi connectivity index (χ2n) is 8.67. The fourth-order valence-corrected chi connectivity index (χ4v) is 4.84. The Morgan fingerprint density at radius 3 is 2.26 bits per heavy atom. The van der Waals surface area contributed by atoms with Crippen molar-refractivity contribution in [1.29, 1.82) is 5.26 Å². The van der Waals surface area contributed by atoms with E-state index >= 15 is 4.39 Å². The minimum atomic E-state index is -0.340. The first kappa shape index (κ1) is 24.4. The number of halogens is 1. The summed E-state index contributed by atoms with van der Waals surface area (Å²) in [5.41, 5.74) is 3.48. The third-order valence-electron chi connectivity index (χ3n) is 6.75. The fraction of sp³-hybridized carbons (Fsp3) is 0.310. The van der Waals surface area contributed by atoms with Gasteiger partial charge in [0.1, 0.15) is 11.9 Å². The predicted molar refractivity (Wildman–Crippen MR) is 137 cm³/mol. The van der Waals surface area contributed by atoms with Gasteiger partial charge in [0.15, 0.2) is 0 Å². The van der Waals surface area contributed by atoms with Crippen LogP contribution in [0.2, 0.25) is 0 Å². The first-order valence-corrected chi connectivity index (χ1v) is 12.2. The molecule has 6 heteroatoms. The molecule has 4 rings (SSSR count). The van der Waals surface area contributed by atoms with Gasteiger partial charge in [-0.25, -0.2) is 4.39 Å². The molecule has 1 aliphatic heterocycles. The zero-order valence-electron chi connectivity index (χ0n) is 20.3. The Hall–Kier alpha value is -3.69. The number of piperazine rings is 1. The highest BCUT2D eigenvalue weighted by Gasteiger charge is 2.33. The number of benzene rings is 3. The van der Waals surface area contributed by atoms with Crippen LogP contribution in [0.4, 0.5) is 10.1 Å². The largest absolute Gasteiger partial charge is 0.367 e. The summed E-state index contributed by atoms with van der Waals surface area (Å²) in [6.45, 7) is 7.91. The van der Waals surface area contributed by atoms with Crippen LogP contribution >= 0.6 is 0 Å². The normalized spacial score (nSPS) is 14.9. The molecule has 1 saturated heterocycles. The van der Waals surface area contributed by atoms with Gasteiger partial charge in [-0.15, -0.1) is 0 Å². The minimum Gasteiger partial charge on any atom is -0.367 e. The van der Waals surface area contributed by atoms with Crippen molar-refractivity contribution in [1.82, 2.24) is 9.80 Å². The fourth-order valence-electron chi connectivity index (χ4n) is 4.84. The van der Waals surface area contributed by atoms with E-state index in [1.54, 1.807) is 18.2 Å². The maximum absolute atomic E-state index is 15.2. The van der Waals surface area contributed by atoms with Gasteiger partial charge in [-0.05, 0) is 48.7 Å². The standard InChI is InChI=1S/C29H31FN4O/c1-3-32(4-2)29(35)28(22-10-6-5-7-11-22)34-18-16-33(17-19-34)27-15-14-23(20-26(27)30)25-13-9-8-12-24(25)21-31/h5-15,20,28H,3-4,16-19H2,1-2H3. The zero-order chi connectivity index (χ0) is 24.8. The summed E-state index contributed by atoms with van der Waals surface area (Å²) in [6.07, 6.45) is 0. The van der Waals surface area contributed by atoms with E-state index < -0.39 is 0 Å². The molecule has 5 nitrogen and oxygen atoms in total. The first-order valence-electron chi connectivity index (χ1n) is 12.2. The molecule has 0 radical (unpaired) electrons. The maximum atomic E-state index is 15.2. The van der Waals surface area contributed by atoms with E-state index in [1.165, 1.54) is 6.07 Å². The zero-order valence-corrected chi connectivity index (χ0v) is 20.3. The van der Waals surface area contributed by atoms with Crippen molar-refractivity contribution in [2.24, 2.45) is 0 Å². The molecule has 1 heterocycles. The van der Waals surface area contributed by atoms with E-state index in [-0.39, 0.29) is 17.8 Å². The Morgan fingerprint density at radius 2 is 1.63 bits per heavy atom. The van der Waals surface area contributed by atoms with Gasteiger partial charge < -0.3 is 9.80 Å². The second-order valence-corrected chi connectivity index (χ2v) is 8.67. The third-order valence-corrected chi connectivity index (χ3v) is 6.75. The monoisotopic (exact) mass is 470 g/mol. The predicted octanol–water partition coefficient (Wildman–Crippen LogP) is 5.10. The molecular formula is C29H31FN4O. The number of carbonyl (C=O) groups is 1. The lowest BCUT2D eigenvalue weighted by Gasteiger charge is -2.41. The van der Waals surface area contributed by atoms with E-state index in [2.05, 4.69) is 11.0 Å². The van der Waals surface area contributed by atoms with Gasteiger partial charge in [0, 0.05) is 39.3 Å². The van der Waals surface area contributed by atoms with Crippen LogP contribution in [-0.4, -0.2) is 55.0 Å². The second kappa shape index (κ2) is 11.2. The number of nitriles is 1. The summed E-state index contributed by atoms with van der Waals surface area (Å²) in [7, 11) is 0. The van der Waals surface area contributed by atoms with Crippen molar-refractivity contribution in [2.75, 3.05) is 44.2 Å². The van der Waals surface area contributed by atoms with Gasteiger partial charge in [-0.1, -0.05) is 54.6 Å². The van der Waals surface area contributed by atoms with Crippen LogP contribution in [0.15, 0.2) is 72.8 Å². The topological polar surface area (TPSA) is 50.6 Å². The number of amides is 1. The summed E-state index contributed by atoms with van der Waals surface area (Å²) >= 11 is 0. The summed E-state index contributed by atoms with van der Waals surface area (Å²) in [5.74, 6) is -0.191. The number of hydrogen-bond acceptors (Lipinski definition) is 4.